The van der Waals surface area contributed by atoms with Crippen molar-refractivity contribution in [3.63, 3.8) is 0 Å². The summed E-state index contributed by atoms with van der Waals surface area (Å²) in [6.07, 6.45) is 3.08. The smallest absolute Gasteiger partial charge is 0.192 e. The fourth-order valence-electron chi connectivity index (χ4n) is 4.01. The van der Waals surface area contributed by atoms with E-state index in [-0.39, 0.29) is 17.5 Å². The summed E-state index contributed by atoms with van der Waals surface area (Å²) in [5.41, 5.74) is 6.06. The van der Waals surface area contributed by atoms with Gasteiger partial charge in [-0.3, -0.25) is 4.90 Å². The normalized spacial score (nSPS) is 25.3. The maximum absolute atomic E-state index is 9.93. The first-order valence-electron chi connectivity index (χ1n) is 8.31. The number of nitrogens with zero attached hydrogens (tertiary/aromatic N) is 4. The number of hydrogen-bond acceptors (Lipinski definition) is 6. The lowest BCUT2D eigenvalue weighted by molar-refractivity contribution is 0.209. The maximum atomic E-state index is 9.93. The highest BCUT2D eigenvalue weighted by Gasteiger charge is 2.54. The number of nitriles is 3. The summed E-state index contributed by atoms with van der Waals surface area (Å²) in [5, 5.41) is 31.5. The molecule has 0 aromatic carbocycles. The SMILES string of the molecule is CCCN1CC=C2C(C#N)=C(N)C(C#N)(C#N)[C@H](c3cccs3)[C@@H]2C1. The van der Waals surface area contributed by atoms with Crippen molar-refractivity contribution in [2.45, 2.75) is 19.3 Å². The minimum Gasteiger partial charge on any atom is -0.399 e. The van der Waals surface area contributed by atoms with Gasteiger partial charge in [-0.15, -0.1) is 11.3 Å². The number of rotatable bonds is 3. The van der Waals surface area contributed by atoms with Crippen LogP contribution in [0.5, 0.6) is 0 Å². The number of allylic oxidation sites excluding steroid dienone is 2. The average molecular weight is 349 g/mol. The Morgan fingerprint density at radius 2 is 2.12 bits per heavy atom. The molecule has 1 aliphatic carbocycles. The van der Waals surface area contributed by atoms with Crippen LogP contribution >= 0.6 is 11.3 Å². The first-order valence-corrected chi connectivity index (χ1v) is 9.19. The predicted molar refractivity (Wildman–Crippen MR) is 95.8 cm³/mol. The zero-order valence-electron chi connectivity index (χ0n) is 14.1. The molecule has 25 heavy (non-hydrogen) atoms. The number of thiophene rings is 1. The molecule has 1 aromatic rings. The molecule has 6 heteroatoms. The highest BCUT2D eigenvalue weighted by molar-refractivity contribution is 7.10. The molecule has 126 valence electrons. The van der Waals surface area contributed by atoms with Crippen LogP contribution < -0.4 is 5.73 Å². The Morgan fingerprint density at radius 1 is 1.36 bits per heavy atom. The first kappa shape index (κ1) is 17.2. The van der Waals surface area contributed by atoms with Crippen LogP contribution in [0.15, 0.2) is 40.4 Å². The number of hydrogen-bond donors (Lipinski definition) is 1. The van der Waals surface area contributed by atoms with Crippen molar-refractivity contribution in [3.8, 4) is 18.2 Å². The summed E-state index contributed by atoms with van der Waals surface area (Å²) < 4.78 is 0. The molecule has 0 amide bonds. The summed E-state index contributed by atoms with van der Waals surface area (Å²) in [6.45, 7) is 4.57. The van der Waals surface area contributed by atoms with E-state index in [1.165, 1.54) is 11.3 Å². The van der Waals surface area contributed by atoms with E-state index >= 15 is 0 Å². The van der Waals surface area contributed by atoms with Crippen LogP contribution in [0, 0.1) is 45.3 Å². The van der Waals surface area contributed by atoms with Crippen molar-refractivity contribution in [1.82, 2.24) is 4.90 Å². The lowest BCUT2D eigenvalue weighted by atomic mass is 9.59. The van der Waals surface area contributed by atoms with Gasteiger partial charge < -0.3 is 5.73 Å². The highest BCUT2D eigenvalue weighted by Crippen LogP contribution is 2.54. The van der Waals surface area contributed by atoms with Gasteiger partial charge in [-0.1, -0.05) is 19.1 Å². The second-order valence-electron chi connectivity index (χ2n) is 6.45. The van der Waals surface area contributed by atoms with Gasteiger partial charge in [0.2, 0.25) is 0 Å². The molecule has 0 saturated heterocycles. The molecule has 5 nitrogen and oxygen atoms in total. The highest BCUT2D eigenvalue weighted by atomic mass is 32.1. The third-order valence-electron chi connectivity index (χ3n) is 5.13. The summed E-state index contributed by atoms with van der Waals surface area (Å²) in [4.78, 5) is 3.28. The van der Waals surface area contributed by atoms with Crippen LogP contribution in [0.25, 0.3) is 0 Å². The lowest BCUT2D eigenvalue weighted by Gasteiger charge is -2.45. The molecule has 0 bridgehead atoms. The van der Waals surface area contributed by atoms with Crippen LogP contribution in [0.2, 0.25) is 0 Å². The van der Waals surface area contributed by atoms with Gasteiger partial charge in [-0.25, -0.2) is 0 Å². The van der Waals surface area contributed by atoms with E-state index in [1.54, 1.807) is 0 Å². The van der Waals surface area contributed by atoms with Crippen LogP contribution in [0.1, 0.15) is 24.1 Å². The molecule has 0 radical (unpaired) electrons. The van der Waals surface area contributed by atoms with E-state index in [2.05, 4.69) is 36.1 Å². The van der Waals surface area contributed by atoms with Gasteiger partial charge in [-0.2, -0.15) is 15.8 Å². The zero-order chi connectivity index (χ0) is 18.0. The van der Waals surface area contributed by atoms with Crippen molar-refractivity contribution in [1.29, 1.82) is 15.8 Å². The van der Waals surface area contributed by atoms with Crippen molar-refractivity contribution in [2.24, 2.45) is 17.1 Å². The predicted octanol–water partition coefficient (Wildman–Crippen LogP) is 2.88. The Morgan fingerprint density at radius 3 is 2.68 bits per heavy atom. The second-order valence-corrected chi connectivity index (χ2v) is 7.43. The van der Waals surface area contributed by atoms with Crippen molar-refractivity contribution < 1.29 is 0 Å². The minimum absolute atomic E-state index is 0.0831. The number of fused-ring (bicyclic) bond motifs is 1. The van der Waals surface area contributed by atoms with E-state index in [9.17, 15) is 15.8 Å². The largest absolute Gasteiger partial charge is 0.399 e. The van der Waals surface area contributed by atoms with Crippen LogP contribution in [-0.4, -0.2) is 24.5 Å². The van der Waals surface area contributed by atoms with Gasteiger partial charge in [0.25, 0.3) is 0 Å². The molecule has 0 unspecified atom stereocenters. The zero-order valence-corrected chi connectivity index (χ0v) is 14.9. The van der Waals surface area contributed by atoms with E-state index in [1.807, 2.05) is 17.5 Å². The molecule has 0 spiro atoms. The fraction of sp³-hybridized carbons (Fsp3) is 0.421. The second kappa shape index (κ2) is 6.73. The van der Waals surface area contributed by atoms with E-state index in [0.29, 0.717) is 5.57 Å². The molecule has 3 rings (SSSR count). The molecule has 0 saturated carbocycles. The third kappa shape index (κ3) is 2.53. The molecule has 2 heterocycles. The van der Waals surface area contributed by atoms with Gasteiger partial charge in [0, 0.05) is 29.8 Å². The summed E-state index contributed by atoms with van der Waals surface area (Å²) in [5.74, 6) is -0.439. The maximum Gasteiger partial charge on any atom is 0.192 e. The molecule has 2 aliphatic rings. The molecule has 1 aliphatic heterocycles. The van der Waals surface area contributed by atoms with Crippen LogP contribution in [0.3, 0.4) is 0 Å². The molecule has 2 atom stereocenters. The summed E-state index contributed by atoms with van der Waals surface area (Å²) >= 11 is 1.53. The van der Waals surface area contributed by atoms with Gasteiger partial charge >= 0.3 is 0 Å². The quantitative estimate of drug-likeness (QED) is 0.904. The molecule has 2 N–H and O–H groups in total. The van der Waals surface area contributed by atoms with Gasteiger partial charge in [0.05, 0.1) is 23.4 Å². The van der Waals surface area contributed by atoms with Crippen molar-refractivity contribution >= 4 is 11.3 Å². The monoisotopic (exact) mass is 349 g/mol. The Bertz CT molecular complexity index is 830. The van der Waals surface area contributed by atoms with Crippen molar-refractivity contribution in [2.75, 3.05) is 19.6 Å². The van der Waals surface area contributed by atoms with Crippen LogP contribution in [-0.2, 0) is 0 Å². The topological polar surface area (TPSA) is 101 Å². The van der Waals surface area contributed by atoms with Gasteiger partial charge in [-0.05, 0) is 30.0 Å². The standard InChI is InChI=1S/C19H19N5S/c1-2-6-24-7-5-13-14(9-20)18(23)19(11-21,12-22)17(15(13)10-24)16-4-3-8-25-16/h3-5,8,15,17H,2,6-7,10,23H2,1H3/t15-,17+/m1/s1. The molecule has 0 fully saturated rings. The Balaban J connectivity index is 2.24. The van der Waals surface area contributed by atoms with Crippen LogP contribution in [0.4, 0.5) is 0 Å². The van der Waals surface area contributed by atoms with Gasteiger partial charge in [0.1, 0.15) is 6.07 Å². The summed E-state index contributed by atoms with van der Waals surface area (Å²) in [7, 11) is 0. The van der Waals surface area contributed by atoms with E-state index < -0.39 is 5.41 Å². The Hall–Kier alpha value is -2.59. The Kier molecular flexibility index (Phi) is 4.64. The van der Waals surface area contributed by atoms with Crippen molar-refractivity contribution in [3.05, 3.63) is 45.3 Å². The molecule has 1 aromatic heterocycles. The summed E-state index contributed by atoms with van der Waals surface area (Å²) in [6, 6.07) is 10.4. The lowest BCUT2D eigenvalue weighted by Crippen LogP contribution is -2.47. The van der Waals surface area contributed by atoms with Gasteiger partial charge in [0.15, 0.2) is 5.41 Å². The fourth-order valence-corrected chi connectivity index (χ4v) is 4.97. The van der Waals surface area contributed by atoms with E-state index in [4.69, 9.17) is 5.73 Å². The van der Waals surface area contributed by atoms with E-state index in [0.717, 1.165) is 36.5 Å². The molecular formula is C19H19N5S. The minimum atomic E-state index is -1.51. The average Bonchev–Trinajstić information content (AvgIpc) is 3.15. The first-order chi connectivity index (χ1) is 12.1. The number of nitrogens with two attached hydrogens (primary N) is 1. The third-order valence-corrected chi connectivity index (χ3v) is 6.08. The Labute approximate surface area is 151 Å². The molecular weight excluding hydrogens is 330 g/mol.